The maximum Gasteiger partial charge on any atom is 0.0664 e. The molecule has 1 aromatic carbocycles. The molecule has 1 atom stereocenters. The van der Waals surface area contributed by atoms with Crippen molar-refractivity contribution < 1.29 is 4.74 Å². The number of hydrogen-bond acceptors (Lipinski definition) is 2. The average molecular weight is 300 g/mol. The Morgan fingerprint density at radius 1 is 1.35 bits per heavy atom. The Morgan fingerprint density at radius 2 is 2.06 bits per heavy atom. The van der Waals surface area contributed by atoms with E-state index in [1.54, 1.807) is 0 Å². The third-order valence-corrected chi connectivity index (χ3v) is 3.50. The Bertz CT molecular complexity index is 352. The first-order chi connectivity index (χ1) is 8.04. The third kappa shape index (κ3) is 4.78. The van der Waals surface area contributed by atoms with Crippen molar-refractivity contribution in [3.8, 4) is 0 Å². The van der Waals surface area contributed by atoms with E-state index in [1.807, 2.05) is 0 Å². The van der Waals surface area contributed by atoms with Gasteiger partial charge in [-0.15, -0.1) is 0 Å². The zero-order valence-corrected chi connectivity index (χ0v) is 12.7. The van der Waals surface area contributed by atoms with Gasteiger partial charge < -0.3 is 10.1 Å². The van der Waals surface area contributed by atoms with Crippen molar-refractivity contribution >= 4 is 15.9 Å². The summed E-state index contributed by atoms with van der Waals surface area (Å²) >= 11 is 3.58. The summed E-state index contributed by atoms with van der Waals surface area (Å²) in [4.78, 5) is 0. The fourth-order valence-corrected chi connectivity index (χ4v) is 2.03. The first kappa shape index (κ1) is 14.7. The minimum Gasteiger partial charge on any atom is -0.377 e. The molecule has 0 aliphatic heterocycles. The van der Waals surface area contributed by atoms with E-state index in [4.69, 9.17) is 4.74 Å². The molecule has 0 aliphatic rings. The van der Waals surface area contributed by atoms with Crippen molar-refractivity contribution in [2.45, 2.75) is 39.8 Å². The monoisotopic (exact) mass is 299 g/mol. The topological polar surface area (TPSA) is 21.3 Å². The summed E-state index contributed by atoms with van der Waals surface area (Å²) in [6.07, 6.45) is 0.269. The predicted octanol–water partition coefficient (Wildman–Crippen LogP) is 3.83. The van der Waals surface area contributed by atoms with Crippen LogP contribution in [-0.2, 0) is 4.74 Å². The average Bonchev–Trinajstić information content (AvgIpc) is 2.28. The molecular formula is C14H22BrNO. The maximum atomic E-state index is 5.70. The van der Waals surface area contributed by atoms with E-state index in [1.165, 1.54) is 11.1 Å². The predicted molar refractivity (Wildman–Crippen MR) is 76.4 cm³/mol. The van der Waals surface area contributed by atoms with E-state index in [2.05, 4.69) is 67.1 Å². The number of ether oxygens (including phenoxy) is 1. The van der Waals surface area contributed by atoms with Crippen LogP contribution in [-0.4, -0.2) is 19.3 Å². The summed E-state index contributed by atoms with van der Waals surface area (Å²) in [6, 6.07) is 6.74. The first-order valence-electron chi connectivity index (χ1n) is 6.15. The van der Waals surface area contributed by atoms with E-state index in [-0.39, 0.29) is 12.1 Å². The largest absolute Gasteiger partial charge is 0.377 e. The minimum atomic E-state index is 0.263. The smallest absolute Gasteiger partial charge is 0.0664 e. The van der Waals surface area contributed by atoms with Crippen molar-refractivity contribution in [3.05, 3.63) is 33.8 Å². The van der Waals surface area contributed by atoms with Crippen LogP contribution in [0.5, 0.6) is 0 Å². The molecule has 0 saturated heterocycles. The van der Waals surface area contributed by atoms with Crippen LogP contribution in [0.25, 0.3) is 0 Å². The molecule has 0 aromatic heterocycles. The van der Waals surface area contributed by atoms with E-state index in [0.29, 0.717) is 6.61 Å². The number of rotatable bonds is 6. The van der Waals surface area contributed by atoms with Crippen molar-refractivity contribution in [2.24, 2.45) is 0 Å². The van der Waals surface area contributed by atoms with Gasteiger partial charge in [0.1, 0.15) is 0 Å². The van der Waals surface area contributed by atoms with Gasteiger partial charge in [-0.25, -0.2) is 0 Å². The van der Waals surface area contributed by atoms with Gasteiger partial charge in [0.05, 0.1) is 18.8 Å². The van der Waals surface area contributed by atoms with E-state index in [0.717, 1.165) is 11.0 Å². The third-order valence-electron chi connectivity index (χ3n) is 2.65. The fourth-order valence-electron chi connectivity index (χ4n) is 1.63. The molecule has 2 nitrogen and oxygen atoms in total. The summed E-state index contributed by atoms with van der Waals surface area (Å²) < 4.78 is 6.86. The molecule has 0 saturated carbocycles. The zero-order valence-electron chi connectivity index (χ0n) is 11.1. The lowest BCUT2D eigenvalue weighted by atomic mass is 10.1. The molecule has 0 bridgehead atoms. The summed E-state index contributed by atoms with van der Waals surface area (Å²) in [5, 5.41) is 3.46. The quantitative estimate of drug-likeness (QED) is 0.862. The molecule has 0 heterocycles. The Kier molecular flexibility index (Phi) is 6.17. The molecule has 0 amide bonds. The number of likely N-dealkylation sites (N-methyl/N-ethyl adjacent to an activating group) is 1. The van der Waals surface area contributed by atoms with Crippen molar-refractivity contribution in [2.75, 3.05) is 13.2 Å². The normalized spacial score (nSPS) is 13.1. The van der Waals surface area contributed by atoms with Crippen molar-refractivity contribution in [1.82, 2.24) is 5.32 Å². The highest BCUT2D eigenvalue weighted by molar-refractivity contribution is 9.10. The SMILES string of the molecule is CCNC(COC(C)C)c1ccc(C)c(Br)c1. The molecular weight excluding hydrogens is 278 g/mol. The van der Waals surface area contributed by atoms with Crippen molar-refractivity contribution in [1.29, 1.82) is 0 Å². The molecule has 0 aliphatic carbocycles. The van der Waals surface area contributed by atoms with Gasteiger partial charge in [-0.1, -0.05) is 35.0 Å². The molecule has 0 radical (unpaired) electrons. The van der Waals surface area contributed by atoms with Crippen LogP contribution < -0.4 is 5.32 Å². The number of nitrogens with one attached hydrogen (secondary N) is 1. The van der Waals surface area contributed by atoms with Crippen LogP contribution in [0.3, 0.4) is 0 Å². The first-order valence-corrected chi connectivity index (χ1v) is 6.95. The van der Waals surface area contributed by atoms with Crippen LogP contribution in [0.2, 0.25) is 0 Å². The summed E-state index contributed by atoms with van der Waals surface area (Å²) in [5.74, 6) is 0. The fraction of sp³-hybridized carbons (Fsp3) is 0.571. The van der Waals surface area contributed by atoms with E-state index >= 15 is 0 Å². The Morgan fingerprint density at radius 3 is 2.59 bits per heavy atom. The van der Waals surface area contributed by atoms with Crippen LogP contribution in [0, 0.1) is 6.92 Å². The van der Waals surface area contributed by atoms with E-state index < -0.39 is 0 Å². The second-order valence-corrected chi connectivity index (χ2v) is 5.36. The lowest BCUT2D eigenvalue weighted by Gasteiger charge is -2.20. The zero-order chi connectivity index (χ0) is 12.8. The van der Waals surface area contributed by atoms with Gasteiger partial charge in [0.25, 0.3) is 0 Å². The Labute approximate surface area is 113 Å². The molecule has 0 fully saturated rings. The standard InChI is InChI=1S/C14H22BrNO/c1-5-16-14(9-17-10(2)3)12-7-6-11(4)13(15)8-12/h6-8,10,14,16H,5,9H2,1-4H3. The molecule has 3 heteroatoms. The van der Waals surface area contributed by atoms with E-state index in [9.17, 15) is 0 Å². The highest BCUT2D eigenvalue weighted by atomic mass is 79.9. The lowest BCUT2D eigenvalue weighted by Crippen LogP contribution is -2.26. The van der Waals surface area contributed by atoms with Crippen LogP contribution in [0.15, 0.2) is 22.7 Å². The van der Waals surface area contributed by atoms with Gasteiger partial charge >= 0.3 is 0 Å². The van der Waals surface area contributed by atoms with Gasteiger partial charge in [0.15, 0.2) is 0 Å². The van der Waals surface area contributed by atoms with Crippen LogP contribution in [0.4, 0.5) is 0 Å². The maximum absolute atomic E-state index is 5.70. The Hall–Kier alpha value is -0.380. The number of benzene rings is 1. The highest BCUT2D eigenvalue weighted by Crippen LogP contribution is 2.22. The van der Waals surface area contributed by atoms with Crippen LogP contribution in [0.1, 0.15) is 37.9 Å². The minimum absolute atomic E-state index is 0.263. The van der Waals surface area contributed by atoms with Gasteiger partial charge in [-0.05, 0) is 44.5 Å². The molecule has 17 heavy (non-hydrogen) atoms. The van der Waals surface area contributed by atoms with Gasteiger partial charge in [-0.2, -0.15) is 0 Å². The van der Waals surface area contributed by atoms with Crippen LogP contribution >= 0.6 is 15.9 Å². The number of hydrogen-bond donors (Lipinski definition) is 1. The molecule has 1 unspecified atom stereocenters. The lowest BCUT2D eigenvalue weighted by molar-refractivity contribution is 0.0614. The van der Waals surface area contributed by atoms with Gasteiger partial charge in [0.2, 0.25) is 0 Å². The highest BCUT2D eigenvalue weighted by Gasteiger charge is 2.12. The molecule has 96 valence electrons. The second kappa shape index (κ2) is 7.14. The molecule has 1 rings (SSSR count). The van der Waals surface area contributed by atoms with Gasteiger partial charge in [0, 0.05) is 4.47 Å². The molecule has 1 aromatic rings. The second-order valence-electron chi connectivity index (χ2n) is 4.50. The number of halogens is 1. The molecule has 0 spiro atoms. The number of aryl methyl sites for hydroxylation is 1. The Balaban J connectivity index is 2.77. The van der Waals surface area contributed by atoms with Gasteiger partial charge in [-0.3, -0.25) is 0 Å². The summed E-state index contributed by atoms with van der Waals surface area (Å²) in [5.41, 5.74) is 2.53. The molecule has 1 N–H and O–H groups in total. The summed E-state index contributed by atoms with van der Waals surface area (Å²) in [7, 11) is 0. The summed E-state index contributed by atoms with van der Waals surface area (Å²) in [6.45, 7) is 9.99. The van der Waals surface area contributed by atoms with Crippen molar-refractivity contribution in [3.63, 3.8) is 0 Å².